The van der Waals surface area contributed by atoms with Gasteiger partial charge in [0.05, 0.1) is 17.8 Å². The molecule has 0 aliphatic rings. The Labute approximate surface area is 128 Å². The predicted octanol–water partition coefficient (Wildman–Crippen LogP) is 3.57. The Hall–Kier alpha value is -2.83. The van der Waals surface area contributed by atoms with E-state index in [9.17, 15) is 18.0 Å². The molecule has 2 aromatic heterocycles. The maximum absolute atomic E-state index is 12.7. The summed E-state index contributed by atoms with van der Waals surface area (Å²) in [5.41, 5.74) is -0.313. The second-order valence-corrected chi connectivity index (χ2v) is 4.89. The molecule has 3 rings (SSSR count). The molecule has 0 spiro atoms. The van der Waals surface area contributed by atoms with Crippen LogP contribution in [0.4, 0.5) is 13.2 Å². The number of pyridine rings is 1. The van der Waals surface area contributed by atoms with E-state index < -0.39 is 17.3 Å². The molecule has 7 heteroatoms. The summed E-state index contributed by atoms with van der Waals surface area (Å²) in [6, 6.07) is 10.7. The molecule has 2 heterocycles. The Morgan fingerprint density at radius 3 is 2.52 bits per heavy atom. The molecule has 0 unspecified atom stereocenters. The SMILES string of the molecule is O=c1ccc(C(F)(F)F)cn1Cc1coc(-c2ccccc2)n1. The molecule has 4 nitrogen and oxygen atoms in total. The Balaban J connectivity index is 1.89. The fourth-order valence-electron chi connectivity index (χ4n) is 2.09. The van der Waals surface area contributed by atoms with Gasteiger partial charge in [0.25, 0.3) is 5.56 Å². The van der Waals surface area contributed by atoms with Gasteiger partial charge in [0.15, 0.2) is 0 Å². The molecular weight excluding hydrogens is 309 g/mol. The Kier molecular flexibility index (Phi) is 3.77. The van der Waals surface area contributed by atoms with Crippen LogP contribution in [-0.2, 0) is 12.7 Å². The maximum atomic E-state index is 12.7. The molecule has 0 N–H and O–H groups in total. The number of alkyl halides is 3. The lowest BCUT2D eigenvalue weighted by molar-refractivity contribution is -0.138. The van der Waals surface area contributed by atoms with E-state index in [1.165, 1.54) is 6.26 Å². The van der Waals surface area contributed by atoms with E-state index in [1.807, 2.05) is 18.2 Å². The molecule has 0 saturated carbocycles. The summed E-state index contributed by atoms with van der Waals surface area (Å²) < 4.78 is 44.4. The zero-order chi connectivity index (χ0) is 16.4. The van der Waals surface area contributed by atoms with Gasteiger partial charge in [0, 0.05) is 17.8 Å². The Morgan fingerprint density at radius 2 is 1.83 bits per heavy atom. The van der Waals surface area contributed by atoms with Crippen LogP contribution in [0.3, 0.4) is 0 Å². The van der Waals surface area contributed by atoms with Crippen LogP contribution < -0.4 is 5.56 Å². The largest absolute Gasteiger partial charge is 0.444 e. The van der Waals surface area contributed by atoms with E-state index in [0.29, 0.717) is 11.6 Å². The van der Waals surface area contributed by atoms with Gasteiger partial charge < -0.3 is 8.98 Å². The van der Waals surface area contributed by atoms with Crippen LogP contribution in [0, 0.1) is 0 Å². The molecule has 0 atom stereocenters. The highest BCUT2D eigenvalue weighted by Crippen LogP contribution is 2.28. The first-order chi connectivity index (χ1) is 10.9. The molecule has 0 amide bonds. The highest BCUT2D eigenvalue weighted by molar-refractivity contribution is 5.52. The van der Waals surface area contributed by atoms with E-state index in [1.54, 1.807) is 12.1 Å². The van der Waals surface area contributed by atoms with Crippen molar-refractivity contribution in [1.29, 1.82) is 0 Å². The Morgan fingerprint density at radius 1 is 1.09 bits per heavy atom. The first kappa shape index (κ1) is 15.1. The lowest BCUT2D eigenvalue weighted by Gasteiger charge is -2.09. The number of nitrogens with zero attached hydrogens (tertiary/aromatic N) is 2. The van der Waals surface area contributed by atoms with Crippen molar-refractivity contribution < 1.29 is 17.6 Å². The van der Waals surface area contributed by atoms with Gasteiger partial charge >= 0.3 is 6.18 Å². The van der Waals surface area contributed by atoms with Gasteiger partial charge in [-0.3, -0.25) is 4.79 Å². The predicted molar refractivity (Wildman–Crippen MR) is 76.7 cm³/mol. The molecule has 0 aliphatic carbocycles. The average molecular weight is 320 g/mol. The second kappa shape index (κ2) is 5.75. The summed E-state index contributed by atoms with van der Waals surface area (Å²) in [5, 5.41) is 0. The minimum absolute atomic E-state index is 0.0981. The zero-order valence-electron chi connectivity index (χ0n) is 11.7. The van der Waals surface area contributed by atoms with Gasteiger partial charge in [0.1, 0.15) is 6.26 Å². The number of benzene rings is 1. The number of hydrogen-bond donors (Lipinski definition) is 0. The molecule has 0 saturated heterocycles. The van der Waals surface area contributed by atoms with Crippen molar-refractivity contribution in [2.24, 2.45) is 0 Å². The number of halogens is 3. The number of hydrogen-bond acceptors (Lipinski definition) is 3. The van der Waals surface area contributed by atoms with Crippen molar-refractivity contribution in [2.45, 2.75) is 12.7 Å². The van der Waals surface area contributed by atoms with Crippen LogP contribution in [-0.4, -0.2) is 9.55 Å². The summed E-state index contributed by atoms with van der Waals surface area (Å²) in [5.74, 6) is 0.348. The second-order valence-electron chi connectivity index (χ2n) is 4.89. The molecule has 0 bridgehead atoms. The zero-order valence-corrected chi connectivity index (χ0v) is 11.7. The van der Waals surface area contributed by atoms with Gasteiger partial charge in [-0.25, -0.2) is 4.98 Å². The molecule has 1 aromatic carbocycles. The normalized spacial score (nSPS) is 11.6. The number of oxazole rings is 1. The lowest BCUT2D eigenvalue weighted by atomic mass is 10.2. The smallest absolute Gasteiger partial charge is 0.417 e. The van der Waals surface area contributed by atoms with Crippen molar-refractivity contribution >= 4 is 0 Å². The van der Waals surface area contributed by atoms with Crippen molar-refractivity contribution in [3.63, 3.8) is 0 Å². The third kappa shape index (κ3) is 3.33. The lowest BCUT2D eigenvalue weighted by Crippen LogP contribution is -2.22. The van der Waals surface area contributed by atoms with Crippen LogP contribution in [0.5, 0.6) is 0 Å². The first-order valence-corrected chi connectivity index (χ1v) is 6.71. The summed E-state index contributed by atoms with van der Waals surface area (Å²) >= 11 is 0. The van der Waals surface area contributed by atoms with Crippen LogP contribution in [0.25, 0.3) is 11.5 Å². The summed E-state index contributed by atoms with van der Waals surface area (Å²) in [4.78, 5) is 15.9. The fraction of sp³-hybridized carbons (Fsp3) is 0.125. The summed E-state index contributed by atoms with van der Waals surface area (Å²) in [7, 11) is 0. The minimum Gasteiger partial charge on any atom is -0.444 e. The van der Waals surface area contributed by atoms with Crippen molar-refractivity contribution in [2.75, 3.05) is 0 Å². The monoisotopic (exact) mass is 320 g/mol. The summed E-state index contributed by atoms with van der Waals surface area (Å²) in [6.45, 7) is -0.0981. The highest BCUT2D eigenvalue weighted by Gasteiger charge is 2.31. The van der Waals surface area contributed by atoms with Crippen molar-refractivity contribution in [3.8, 4) is 11.5 Å². The molecule has 3 aromatic rings. The molecule has 0 radical (unpaired) electrons. The summed E-state index contributed by atoms with van der Waals surface area (Å²) in [6.07, 6.45) is -2.40. The fourth-order valence-corrected chi connectivity index (χ4v) is 2.09. The molecule has 23 heavy (non-hydrogen) atoms. The van der Waals surface area contributed by atoms with E-state index in [-0.39, 0.29) is 6.54 Å². The molecular formula is C16H11F3N2O2. The third-order valence-corrected chi connectivity index (χ3v) is 3.22. The van der Waals surface area contributed by atoms with Gasteiger partial charge in [-0.1, -0.05) is 18.2 Å². The van der Waals surface area contributed by atoms with E-state index in [4.69, 9.17) is 4.42 Å². The van der Waals surface area contributed by atoms with Crippen LogP contribution in [0.1, 0.15) is 11.3 Å². The van der Waals surface area contributed by atoms with Crippen molar-refractivity contribution in [1.82, 2.24) is 9.55 Å². The van der Waals surface area contributed by atoms with Gasteiger partial charge in [-0.05, 0) is 18.2 Å². The Bertz CT molecular complexity index is 867. The van der Waals surface area contributed by atoms with Crippen LogP contribution in [0.15, 0.2) is 64.1 Å². The van der Waals surface area contributed by atoms with E-state index in [2.05, 4.69) is 4.98 Å². The first-order valence-electron chi connectivity index (χ1n) is 6.71. The quantitative estimate of drug-likeness (QED) is 0.741. The van der Waals surface area contributed by atoms with E-state index in [0.717, 1.165) is 28.5 Å². The standard InChI is InChI=1S/C16H11F3N2O2/c17-16(18,19)12-6-7-14(22)21(8-12)9-13-10-23-15(20-13)11-4-2-1-3-5-11/h1-8,10H,9H2. The van der Waals surface area contributed by atoms with Gasteiger partial charge in [-0.2, -0.15) is 13.2 Å². The average Bonchev–Trinajstić information content (AvgIpc) is 2.98. The van der Waals surface area contributed by atoms with Crippen LogP contribution in [0.2, 0.25) is 0 Å². The molecule has 0 fully saturated rings. The van der Waals surface area contributed by atoms with Gasteiger partial charge in [-0.15, -0.1) is 0 Å². The van der Waals surface area contributed by atoms with Gasteiger partial charge in [0.2, 0.25) is 5.89 Å². The number of aromatic nitrogens is 2. The van der Waals surface area contributed by atoms with Crippen LogP contribution >= 0.6 is 0 Å². The van der Waals surface area contributed by atoms with Crippen molar-refractivity contribution in [3.05, 3.63) is 76.5 Å². The van der Waals surface area contributed by atoms with E-state index >= 15 is 0 Å². The number of rotatable bonds is 3. The molecule has 118 valence electrons. The highest BCUT2D eigenvalue weighted by atomic mass is 19.4. The third-order valence-electron chi connectivity index (χ3n) is 3.22. The maximum Gasteiger partial charge on any atom is 0.417 e. The minimum atomic E-state index is -4.51. The molecule has 0 aliphatic heterocycles. The topological polar surface area (TPSA) is 48.0 Å².